The van der Waals surface area contributed by atoms with E-state index in [9.17, 15) is 9.18 Å². The number of carbonyl (C=O) groups is 1. The van der Waals surface area contributed by atoms with Gasteiger partial charge in [-0.25, -0.2) is 19.2 Å². The monoisotopic (exact) mass is 647 g/mol. The van der Waals surface area contributed by atoms with Crippen molar-refractivity contribution < 1.29 is 23.4 Å². The van der Waals surface area contributed by atoms with E-state index < -0.39 is 5.82 Å². The van der Waals surface area contributed by atoms with Crippen LogP contribution in [0, 0.1) is 17.1 Å². The fraction of sp³-hybridized carbons (Fsp3) is 0.375. The number of rotatable bonds is 9. The van der Waals surface area contributed by atoms with Crippen LogP contribution in [-0.2, 0) is 29.2 Å². The number of piperidine rings is 1. The summed E-state index contributed by atoms with van der Waals surface area (Å²) in [6.45, 7) is 3.93. The largest absolute Gasteiger partial charge is 0.473 e. The number of ether oxygens (including phenoxy) is 3. The summed E-state index contributed by atoms with van der Waals surface area (Å²) < 4.78 is 33.7. The van der Waals surface area contributed by atoms with Crippen molar-refractivity contribution in [1.29, 1.82) is 5.26 Å². The van der Waals surface area contributed by atoms with E-state index in [2.05, 4.69) is 25.4 Å². The molecule has 6 rings (SSSR count). The Balaban J connectivity index is 1.12. The van der Waals surface area contributed by atoms with Crippen LogP contribution in [0.25, 0.3) is 11.0 Å². The fourth-order valence-corrected chi connectivity index (χ4v) is 6.17. The van der Waals surface area contributed by atoms with Crippen molar-refractivity contribution in [3.05, 3.63) is 87.0 Å². The van der Waals surface area contributed by atoms with E-state index in [0.717, 1.165) is 66.0 Å². The molecular weight excluding hydrogens is 617 g/mol. The Labute approximate surface area is 257 Å². The third-order valence-electron chi connectivity index (χ3n) is 8.16. The molecule has 2 saturated heterocycles. The summed E-state index contributed by atoms with van der Waals surface area (Å²) in [7, 11) is 1.38. The predicted molar refractivity (Wildman–Crippen MR) is 160 cm³/mol. The Morgan fingerprint density at radius 2 is 1.98 bits per heavy atom. The van der Waals surface area contributed by atoms with Gasteiger partial charge in [-0.05, 0) is 78.6 Å². The number of halogens is 2. The molecule has 4 aromatic rings. The maximum Gasteiger partial charge on any atom is 0.337 e. The molecule has 9 nitrogen and oxygen atoms in total. The van der Waals surface area contributed by atoms with Gasteiger partial charge < -0.3 is 18.8 Å². The number of hydrogen-bond acceptors (Lipinski definition) is 8. The molecule has 2 aromatic carbocycles. The van der Waals surface area contributed by atoms with E-state index in [1.54, 1.807) is 24.3 Å². The Morgan fingerprint density at radius 1 is 1.16 bits per heavy atom. The summed E-state index contributed by atoms with van der Waals surface area (Å²) in [4.78, 5) is 24.4. The van der Waals surface area contributed by atoms with Gasteiger partial charge in [-0.2, -0.15) is 5.26 Å². The first-order valence-electron chi connectivity index (χ1n) is 14.3. The van der Waals surface area contributed by atoms with Gasteiger partial charge in [0.15, 0.2) is 0 Å². The summed E-state index contributed by atoms with van der Waals surface area (Å²) in [5.74, 6) is 0.823. The van der Waals surface area contributed by atoms with Crippen LogP contribution >= 0.6 is 15.9 Å². The van der Waals surface area contributed by atoms with E-state index >= 15 is 0 Å². The number of hydrogen-bond donors (Lipinski definition) is 0. The molecule has 0 aliphatic carbocycles. The van der Waals surface area contributed by atoms with Crippen molar-refractivity contribution in [2.24, 2.45) is 0 Å². The lowest BCUT2D eigenvalue weighted by molar-refractivity contribution is -0.0592. The third-order valence-corrected chi connectivity index (χ3v) is 8.77. The zero-order valence-electron chi connectivity index (χ0n) is 23.8. The number of benzene rings is 2. The predicted octanol–water partition coefficient (Wildman–Crippen LogP) is 5.74. The van der Waals surface area contributed by atoms with Crippen LogP contribution in [0.3, 0.4) is 0 Å². The number of fused-ring (bicyclic) bond motifs is 1. The van der Waals surface area contributed by atoms with Crippen molar-refractivity contribution in [3.63, 3.8) is 0 Å². The summed E-state index contributed by atoms with van der Waals surface area (Å²) >= 11 is 3.61. The topological polar surface area (TPSA) is 102 Å². The summed E-state index contributed by atoms with van der Waals surface area (Å²) in [5, 5.41) is 8.95. The number of likely N-dealkylation sites (tertiary alicyclic amines) is 1. The minimum Gasteiger partial charge on any atom is -0.473 e. The lowest BCUT2D eigenvalue weighted by Gasteiger charge is -2.32. The molecule has 4 heterocycles. The molecular formula is C32H31BrFN5O4. The molecule has 222 valence electrons. The van der Waals surface area contributed by atoms with Crippen LogP contribution in [0.5, 0.6) is 5.88 Å². The van der Waals surface area contributed by atoms with Gasteiger partial charge in [0.05, 0.1) is 49.0 Å². The molecule has 2 aliphatic rings. The Kier molecular flexibility index (Phi) is 8.70. The number of esters is 1. The van der Waals surface area contributed by atoms with E-state index in [-0.39, 0.29) is 30.2 Å². The fourth-order valence-electron chi connectivity index (χ4n) is 5.63. The van der Waals surface area contributed by atoms with Crippen LogP contribution in [0.2, 0.25) is 0 Å². The number of carbonyl (C=O) groups excluding carboxylic acids is 1. The highest BCUT2D eigenvalue weighted by Gasteiger charge is 2.27. The Hall–Kier alpha value is -3.85. The SMILES string of the molecule is COC(=O)c1cc(Br)c2nc(CN3CCC(c4cccc(OCc5ccc(C#N)cc5F)n4)CC3)n(C[C@@H]3CCO3)c2c1. The van der Waals surface area contributed by atoms with Gasteiger partial charge in [-0.1, -0.05) is 12.1 Å². The zero-order valence-corrected chi connectivity index (χ0v) is 25.3. The second kappa shape index (κ2) is 12.8. The minimum atomic E-state index is -0.465. The van der Waals surface area contributed by atoms with Crippen LogP contribution in [0.4, 0.5) is 4.39 Å². The number of pyridine rings is 1. The molecule has 0 saturated carbocycles. The first-order chi connectivity index (χ1) is 20.9. The van der Waals surface area contributed by atoms with Crippen molar-refractivity contribution >= 4 is 32.9 Å². The van der Waals surface area contributed by atoms with Gasteiger partial charge in [-0.3, -0.25) is 4.90 Å². The number of aromatic nitrogens is 3. The molecule has 0 unspecified atom stereocenters. The van der Waals surface area contributed by atoms with Crippen LogP contribution in [-0.4, -0.2) is 58.3 Å². The van der Waals surface area contributed by atoms with Gasteiger partial charge in [0.2, 0.25) is 5.88 Å². The van der Waals surface area contributed by atoms with E-state index in [1.165, 1.54) is 13.2 Å². The van der Waals surface area contributed by atoms with Gasteiger partial charge in [0.1, 0.15) is 23.8 Å². The Morgan fingerprint density at radius 3 is 2.67 bits per heavy atom. The average molecular weight is 649 g/mol. The molecule has 0 radical (unpaired) electrons. The standard InChI is InChI=1S/C32H31BrFN5O4/c1-41-32(40)23-14-25(33)31-28(15-23)39(17-24-9-12-42-24)29(37-31)18-38-10-7-21(8-11-38)27-3-2-4-30(36-27)43-19-22-6-5-20(16-35)13-26(22)34/h2-6,13-15,21,24H,7-12,17-19H2,1H3/t24-/m0/s1. The highest BCUT2D eigenvalue weighted by atomic mass is 79.9. The first-order valence-corrected chi connectivity index (χ1v) is 15.1. The normalized spacial score (nSPS) is 17.4. The van der Waals surface area contributed by atoms with Crippen molar-refractivity contribution in [2.45, 2.75) is 51.0 Å². The second-order valence-corrected chi connectivity index (χ2v) is 11.7. The van der Waals surface area contributed by atoms with Gasteiger partial charge in [0, 0.05) is 34.3 Å². The summed E-state index contributed by atoms with van der Waals surface area (Å²) in [5.41, 5.74) is 3.80. The maximum absolute atomic E-state index is 14.3. The lowest BCUT2D eigenvalue weighted by Crippen LogP contribution is -2.35. The summed E-state index contributed by atoms with van der Waals surface area (Å²) in [6.07, 6.45) is 3.00. The average Bonchev–Trinajstić information content (AvgIpc) is 3.35. The highest BCUT2D eigenvalue weighted by molar-refractivity contribution is 9.10. The van der Waals surface area contributed by atoms with E-state index in [1.807, 2.05) is 24.3 Å². The molecule has 2 fully saturated rings. The smallest absolute Gasteiger partial charge is 0.337 e. The number of methoxy groups -OCH3 is 1. The molecule has 1 atom stereocenters. The van der Waals surface area contributed by atoms with Crippen molar-refractivity contribution in [1.82, 2.24) is 19.4 Å². The molecule has 11 heteroatoms. The van der Waals surface area contributed by atoms with Crippen molar-refractivity contribution in [2.75, 3.05) is 26.8 Å². The molecule has 2 aliphatic heterocycles. The molecule has 2 aromatic heterocycles. The number of nitriles is 1. The zero-order chi connectivity index (χ0) is 29.9. The lowest BCUT2D eigenvalue weighted by atomic mass is 9.93. The summed E-state index contributed by atoms with van der Waals surface area (Å²) in [6, 6.07) is 15.6. The van der Waals surface area contributed by atoms with Gasteiger partial charge in [0.25, 0.3) is 0 Å². The van der Waals surface area contributed by atoms with Crippen molar-refractivity contribution in [3.8, 4) is 11.9 Å². The quantitative estimate of drug-likeness (QED) is 0.212. The van der Waals surface area contributed by atoms with Crippen LogP contribution in [0.1, 0.15) is 58.2 Å². The molecule has 0 bridgehead atoms. The second-order valence-electron chi connectivity index (χ2n) is 10.9. The van der Waals surface area contributed by atoms with E-state index in [4.69, 9.17) is 29.4 Å². The maximum atomic E-state index is 14.3. The molecule has 43 heavy (non-hydrogen) atoms. The molecule has 0 spiro atoms. The third kappa shape index (κ3) is 6.42. The van der Waals surface area contributed by atoms with E-state index in [0.29, 0.717) is 30.1 Å². The van der Waals surface area contributed by atoms with Crippen LogP contribution in [0.15, 0.2) is 53.0 Å². The Bertz CT molecular complexity index is 1690. The minimum absolute atomic E-state index is 0.0383. The number of imidazole rings is 1. The first kappa shape index (κ1) is 29.2. The van der Waals surface area contributed by atoms with Crippen LogP contribution < -0.4 is 4.74 Å². The van der Waals surface area contributed by atoms with Gasteiger partial charge >= 0.3 is 5.97 Å². The van der Waals surface area contributed by atoms with Gasteiger partial charge in [-0.15, -0.1) is 0 Å². The molecule has 0 amide bonds. The molecule has 0 N–H and O–H groups in total. The number of nitrogens with zero attached hydrogens (tertiary/aromatic N) is 5. The highest BCUT2D eigenvalue weighted by Crippen LogP contribution is 2.32.